The van der Waals surface area contributed by atoms with Crippen LogP contribution < -0.4 is 30.2 Å². The number of benzene rings is 2. The van der Waals surface area contributed by atoms with E-state index in [1.54, 1.807) is 42.5 Å². The number of halogens is 1. The summed E-state index contributed by atoms with van der Waals surface area (Å²) in [4.78, 5) is 37.4. The number of H-pyrrole nitrogens is 1. The number of ether oxygens (including phenoxy) is 4. The smallest absolute Gasteiger partial charge is 0.328 e. The average molecular weight is 500 g/mol. The molecule has 0 spiro atoms. The van der Waals surface area contributed by atoms with Gasteiger partial charge in [-0.15, -0.1) is 0 Å². The van der Waals surface area contributed by atoms with E-state index in [1.807, 2.05) is 4.98 Å². The molecule has 0 fully saturated rings. The van der Waals surface area contributed by atoms with Crippen molar-refractivity contribution in [1.29, 1.82) is 0 Å². The molecule has 0 radical (unpaired) electrons. The minimum atomic E-state index is -1.28. The molecular formula is C25H25FN2O8. The summed E-state index contributed by atoms with van der Waals surface area (Å²) in [7, 11) is 5.90. The molecule has 10 nitrogen and oxygen atoms in total. The fourth-order valence-electron chi connectivity index (χ4n) is 3.64. The zero-order chi connectivity index (χ0) is 26.4. The van der Waals surface area contributed by atoms with Gasteiger partial charge in [-0.3, -0.25) is 19.1 Å². The minimum Gasteiger partial charge on any atom is -0.496 e. The summed E-state index contributed by atoms with van der Waals surface area (Å²) in [6.07, 6.45) is 4.19. The van der Waals surface area contributed by atoms with E-state index in [1.165, 1.54) is 28.4 Å². The van der Waals surface area contributed by atoms with Gasteiger partial charge in [0, 0.05) is 12.1 Å². The number of hydrogen-bond donors (Lipinski definition) is 2. The second kappa shape index (κ2) is 11.3. The highest BCUT2D eigenvalue weighted by Crippen LogP contribution is 2.38. The first-order valence-corrected chi connectivity index (χ1v) is 10.6. The van der Waals surface area contributed by atoms with Gasteiger partial charge in [0.25, 0.3) is 5.56 Å². The van der Waals surface area contributed by atoms with Gasteiger partial charge in [0.05, 0.1) is 34.6 Å². The molecule has 1 atom stereocenters. The monoisotopic (exact) mass is 500 g/mol. The number of aromatic nitrogens is 2. The molecule has 0 amide bonds. The van der Waals surface area contributed by atoms with Crippen molar-refractivity contribution < 1.29 is 33.2 Å². The van der Waals surface area contributed by atoms with E-state index in [2.05, 4.69) is 0 Å². The van der Waals surface area contributed by atoms with Gasteiger partial charge in [0.1, 0.15) is 11.7 Å². The molecule has 0 saturated heterocycles. The number of nitrogens with zero attached hydrogens (tertiary/aromatic N) is 1. The normalized spacial score (nSPS) is 11.8. The molecule has 190 valence electrons. The van der Waals surface area contributed by atoms with Gasteiger partial charge < -0.3 is 24.1 Å². The predicted molar refractivity (Wildman–Crippen MR) is 130 cm³/mol. The highest BCUT2D eigenvalue weighted by Gasteiger charge is 2.25. The first-order chi connectivity index (χ1) is 17.2. The summed E-state index contributed by atoms with van der Waals surface area (Å²) in [6, 6.07) is 8.41. The van der Waals surface area contributed by atoms with Crippen LogP contribution >= 0.6 is 0 Å². The van der Waals surface area contributed by atoms with Crippen molar-refractivity contribution in [2.24, 2.45) is 0 Å². The Kier molecular flexibility index (Phi) is 8.15. The van der Waals surface area contributed by atoms with Gasteiger partial charge >= 0.3 is 11.7 Å². The molecule has 2 aromatic carbocycles. The van der Waals surface area contributed by atoms with Crippen LogP contribution in [0.4, 0.5) is 4.39 Å². The zero-order valence-corrected chi connectivity index (χ0v) is 20.0. The molecule has 0 aliphatic heterocycles. The lowest BCUT2D eigenvalue weighted by molar-refractivity contribution is -0.139. The van der Waals surface area contributed by atoms with E-state index in [4.69, 9.17) is 18.9 Å². The topological polar surface area (TPSA) is 129 Å². The molecule has 11 heteroatoms. The number of carboxylic acids is 1. The van der Waals surface area contributed by atoms with Gasteiger partial charge in [0.2, 0.25) is 11.6 Å². The van der Waals surface area contributed by atoms with E-state index in [0.29, 0.717) is 29.0 Å². The number of carboxylic acid groups (broad SMARTS) is 1. The Morgan fingerprint density at radius 1 is 0.972 bits per heavy atom. The fourth-order valence-corrected chi connectivity index (χ4v) is 3.64. The second-order valence-corrected chi connectivity index (χ2v) is 7.57. The summed E-state index contributed by atoms with van der Waals surface area (Å²) >= 11 is 0. The van der Waals surface area contributed by atoms with Gasteiger partial charge in [0.15, 0.2) is 11.5 Å². The van der Waals surface area contributed by atoms with Crippen molar-refractivity contribution in [3.8, 4) is 23.0 Å². The zero-order valence-electron chi connectivity index (χ0n) is 20.0. The molecule has 0 saturated carbocycles. The second-order valence-electron chi connectivity index (χ2n) is 7.57. The summed E-state index contributed by atoms with van der Waals surface area (Å²) in [5.74, 6) is -2.09. The van der Waals surface area contributed by atoms with Gasteiger partial charge in [-0.2, -0.15) is 4.39 Å². The first-order valence-electron chi connectivity index (χ1n) is 10.6. The molecule has 2 N–H and O–H groups in total. The molecule has 0 aliphatic rings. The number of aromatic amines is 1. The maximum absolute atomic E-state index is 13.7. The quantitative estimate of drug-likeness (QED) is 0.407. The van der Waals surface area contributed by atoms with Gasteiger partial charge in [-0.05, 0) is 35.4 Å². The fraction of sp³-hybridized carbons (Fsp3) is 0.240. The Labute approximate surface area is 205 Å². The number of hydrogen-bond acceptors (Lipinski definition) is 7. The third-order valence-electron chi connectivity index (χ3n) is 5.43. The van der Waals surface area contributed by atoms with Crippen molar-refractivity contribution in [1.82, 2.24) is 9.55 Å². The van der Waals surface area contributed by atoms with Crippen LogP contribution in [-0.4, -0.2) is 49.1 Å². The van der Waals surface area contributed by atoms with Gasteiger partial charge in [-0.25, -0.2) is 4.79 Å². The summed E-state index contributed by atoms with van der Waals surface area (Å²) < 4.78 is 35.9. The lowest BCUT2D eigenvalue weighted by Crippen LogP contribution is -2.34. The molecule has 1 heterocycles. The summed E-state index contributed by atoms with van der Waals surface area (Å²) in [5.41, 5.74) is -0.488. The van der Waals surface area contributed by atoms with E-state index >= 15 is 0 Å². The Morgan fingerprint density at radius 2 is 1.58 bits per heavy atom. The van der Waals surface area contributed by atoms with Crippen LogP contribution in [0.15, 0.2) is 46.1 Å². The van der Waals surface area contributed by atoms with Crippen LogP contribution in [0.2, 0.25) is 0 Å². The molecule has 3 aromatic rings. The van der Waals surface area contributed by atoms with Crippen molar-refractivity contribution >= 4 is 18.1 Å². The average Bonchev–Trinajstić information content (AvgIpc) is 2.87. The van der Waals surface area contributed by atoms with Gasteiger partial charge in [-0.1, -0.05) is 18.2 Å². The molecule has 1 unspecified atom stereocenters. The number of rotatable bonds is 10. The third kappa shape index (κ3) is 5.57. The minimum absolute atomic E-state index is 0.260. The van der Waals surface area contributed by atoms with E-state index in [0.717, 1.165) is 10.1 Å². The SMILES string of the molecule is COc1ccc(/C=C\c2cc(OC)c(OC)c(OC)c2)cc1C(Cn1cc(F)c(=O)[nH]c1=O)C(=O)O. The molecular weight excluding hydrogens is 475 g/mol. The van der Waals surface area contributed by atoms with E-state index in [9.17, 15) is 23.9 Å². The van der Waals surface area contributed by atoms with Crippen LogP contribution in [0.1, 0.15) is 22.6 Å². The Bertz CT molecular complexity index is 1380. The lowest BCUT2D eigenvalue weighted by atomic mass is 9.95. The van der Waals surface area contributed by atoms with Crippen molar-refractivity contribution in [3.63, 3.8) is 0 Å². The number of carbonyl (C=O) groups is 1. The number of aliphatic carboxylic acids is 1. The van der Waals surface area contributed by atoms with Crippen molar-refractivity contribution in [3.05, 3.63) is 79.9 Å². The molecule has 1 aromatic heterocycles. The maximum Gasteiger partial charge on any atom is 0.328 e. The summed E-state index contributed by atoms with van der Waals surface area (Å²) in [5, 5.41) is 9.89. The Balaban J connectivity index is 2.01. The summed E-state index contributed by atoms with van der Waals surface area (Å²) in [6.45, 7) is -0.432. The third-order valence-corrected chi connectivity index (χ3v) is 5.43. The largest absolute Gasteiger partial charge is 0.496 e. The predicted octanol–water partition coefficient (Wildman–Crippen LogP) is 2.75. The number of methoxy groups -OCH3 is 4. The van der Waals surface area contributed by atoms with Crippen LogP contribution in [0.5, 0.6) is 23.0 Å². The highest BCUT2D eigenvalue weighted by atomic mass is 19.1. The maximum atomic E-state index is 13.7. The Morgan fingerprint density at radius 3 is 2.14 bits per heavy atom. The van der Waals surface area contributed by atoms with Crippen molar-refractivity contribution in [2.45, 2.75) is 12.5 Å². The van der Waals surface area contributed by atoms with Crippen LogP contribution in [-0.2, 0) is 11.3 Å². The van der Waals surface area contributed by atoms with Crippen LogP contribution in [0.25, 0.3) is 12.2 Å². The molecule has 3 rings (SSSR count). The first kappa shape index (κ1) is 26.1. The highest BCUT2D eigenvalue weighted by molar-refractivity contribution is 5.79. The standard InChI is InChI=1S/C25H25FN2O8/c1-33-19-8-7-14(5-6-15-10-20(34-2)22(36-4)21(11-15)35-3)9-16(19)17(24(30)31)12-28-13-18(26)23(29)27-25(28)32/h5-11,13,17H,12H2,1-4H3,(H,30,31)(H,27,29,32)/b6-5-. The Hall–Kier alpha value is -4.54. The van der Waals surface area contributed by atoms with Crippen LogP contribution in [0, 0.1) is 5.82 Å². The van der Waals surface area contributed by atoms with E-state index < -0.39 is 35.5 Å². The molecule has 36 heavy (non-hydrogen) atoms. The molecule has 0 bridgehead atoms. The lowest BCUT2D eigenvalue weighted by Gasteiger charge is -2.18. The van der Waals surface area contributed by atoms with E-state index in [-0.39, 0.29) is 11.3 Å². The number of nitrogens with one attached hydrogen (secondary N) is 1. The van der Waals surface area contributed by atoms with Crippen molar-refractivity contribution in [2.75, 3.05) is 28.4 Å². The molecule has 0 aliphatic carbocycles. The van der Waals surface area contributed by atoms with Crippen LogP contribution in [0.3, 0.4) is 0 Å².